The van der Waals surface area contributed by atoms with Gasteiger partial charge in [-0.1, -0.05) is 0 Å². The van der Waals surface area contributed by atoms with Crippen molar-refractivity contribution in [2.45, 2.75) is 24.0 Å². The molecule has 24 heavy (non-hydrogen) atoms. The van der Waals surface area contributed by atoms with Crippen molar-refractivity contribution >= 4 is 10.0 Å². The van der Waals surface area contributed by atoms with E-state index in [1.807, 2.05) is 4.72 Å². The molecule has 2 rings (SSSR count). The van der Waals surface area contributed by atoms with E-state index >= 15 is 0 Å². The summed E-state index contributed by atoms with van der Waals surface area (Å²) in [7, 11) is -4.16. The summed E-state index contributed by atoms with van der Waals surface area (Å²) in [6.07, 6.45) is -4.56. The minimum Gasteiger partial charge on any atom is -0.314 e. The quantitative estimate of drug-likeness (QED) is 0.767. The third-order valence-electron chi connectivity index (χ3n) is 3.86. The Labute approximate surface area is 138 Å². The molecule has 1 unspecified atom stereocenters. The van der Waals surface area contributed by atoms with Crippen LogP contribution in [0.15, 0.2) is 23.1 Å². The predicted octanol–water partition coefficient (Wildman–Crippen LogP) is 1.25. The van der Waals surface area contributed by atoms with Crippen LogP contribution >= 0.6 is 0 Å². The Morgan fingerprint density at radius 1 is 1.29 bits per heavy atom. The van der Waals surface area contributed by atoms with Crippen LogP contribution < -0.4 is 10.0 Å². The number of alkyl halides is 3. The highest BCUT2D eigenvalue weighted by Gasteiger charge is 2.44. The van der Waals surface area contributed by atoms with Crippen molar-refractivity contribution in [3.05, 3.63) is 29.6 Å². The minimum absolute atomic E-state index is 0.133. The van der Waals surface area contributed by atoms with Crippen molar-refractivity contribution in [3.8, 4) is 0 Å². The van der Waals surface area contributed by atoms with Crippen LogP contribution in [-0.4, -0.2) is 58.3 Å². The Balaban J connectivity index is 2.15. The van der Waals surface area contributed by atoms with Crippen molar-refractivity contribution in [1.29, 1.82) is 0 Å². The van der Waals surface area contributed by atoms with E-state index < -0.39 is 34.6 Å². The summed E-state index contributed by atoms with van der Waals surface area (Å²) in [6.45, 7) is 1.79. The van der Waals surface area contributed by atoms with E-state index in [1.54, 1.807) is 0 Å². The monoisotopic (exact) mass is 369 g/mol. The van der Waals surface area contributed by atoms with E-state index in [2.05, 4.69) is 5.32 Å². The lowest BCUT2D eigenvalue weighted by molar-refractivity contribution is -0.182. The average Bonchev–Trinajstić information content (AvgIpc) is 2.46. The summed E-state index contributed by atoms with van der Waals surface area (Å²) in [4.78, 5) is 0.974. The van der Waals surface area contributed by atoms with E-state index in [-0.39, 0.29) is 23.5 Å². The van der Waals surface area contributed by atoms with E-state index in [0.29, 0.717) is 13.1 Å². The molecule has 0 radical (unpaired) electrons. The summed E-state index contributed by atoms with van der Waals surface area (Å²) >= 11 is 0. The zero-order chi connectivity index (χ0) is 18.0. The predicted molar refractivity (Wildman–Crippen MR) is 80.6 cm³/mol. The fourth-order valence-corrected chi connectivity index (χ4v) is 3.89. The number of hydrogen-bond donors (Lipinski definition) is 2. The van der Waals surface area contributed by atoms with Gasteiger partial charge < -0.3 is 5.32 Å². The summed E-state index contributed by atoms with van der Waals surface area (Å²) in [5.41, 5.74) is 0.133. The Morgan fingerprint density at radius 2 is 1.92 bits per heavy atom. The maximum Gasteiger partial charge on any atom is 0.405 e. The van der Waals surface area contributed by atoms with Crippen LogP contribution in [-0.2, 0) is 10.0 Å². The molecule has 136 valence electrons. The highest BCUT2D eigenvalue weighted by molar-refractivity contribution is 7.89. The number of rotatable bonds is 5. The Bertz CT molecular complexity index is 673. The van der Waals surface area contributed by atoms with Crippen molar-refractivity contribution in [3.63, 3.8) is 0 Å². The molecule has 0 aromatic heterocycles. The van der Waals surface area contributed by atoms with E-state index in [9.17, 15) is 26.0 Å². The second-order valence-electron chi connectivity index (χ2n) is 5.61. The van der Waals surface area contributed by atoms with Gasteiger partial charge in [-0.25, -0.2) is 17.5 Å². The topological polar surface area (TPSA) is 61.4 Å². The standard InChI is InChI=1S/C14H19F4N3O2S/c1-10-8-11(15)2-3-12(10)24(22,23)20-9-13(14(16,17)18)21-6-4-19-5-7-21/h2-3,8,13,19-20H,4-7,9H2,1H3. The van der Waals surface area contributed by atoms with Gasteiger partial charge in [-0.2, -0.15) is 13.2 Å². The normalized spacial score (nSPS) is 18.5. The molecule has 1 atom stereocenters. The first-order valence-corrected chi connectivity index (χ1v) is 8.87. The van der Waals surface area contributed by atoms with Gasteiger partial charge in [0.2, 0.25) is 10.0 Å². The molecule has 0 amide bonds. The maximum absolute atomic E-state index is 13.3. The number of hydrogen-bond acceptors (Lipinski definition) is 4. The summed E-state index contributed by atoms with van der Waals surface area (Å²) in [5.74, 6) is -0.611. The van der Waals surface area contributed by atoms with Gasteiger partial charge in [0.25, 0.3) is 0 Å². The molecule has 1 aliphatic heterocycles. The second-order valence-corrected chi connectivity index (χ2v) is 7.34. The Kier molecular flexibility index (Phi) is 5.84. The minimum atomic E-state index is -4.56. The van der Waals surface area contributed by atoms with Gasteiger partial charge in [-0.15, -0.1) is 0 Å². The lowest BCUT2D eigenvalue weighted by atomic mass is 10.2. The van der Waals surface area contributed by atoms with Crippen molar-refractivity contribution in [1.82, 2.24) is 14.9 Å². The first kappa shape index (κ1) is 19.1. The number of benzene rings is 1. The number of sulfonamides is 1. The number of halogens is 4. The second kappa shape index (κ2) is 7.34. The molecular formula is C14H19F4N3O2S. The van der Waals surface area contributed by atoms with Gasteiger partial charge >= 0.3 is 6.18 Å². The van der Waals surface area contributed by atoms with Gasteiger partial charge in [-0.3, -0.25) is 4.90 Å². The summed E-state index contributed by atoms with van der Waals surface area (Å²) in [5, 5.41) is 2.95. The van der Waals surface area contributed by atoms with Gasteiger partial charge in [0, 0.05) is 32.7 Å². The largest absolute Gasteiger partial charge is 0.405 e. The summed E-state index contributed by atoms with van der Waals surface area (Å²) in [6, 6.07) is 1.11. The first-order chi connectivity index (χ1) is 11.1. The smallest absolute Gasteiger partial charge is 0.314 e. The van der Waals surface area contributed by atoms with Crippen molar-refractivity contribution in [2.75, 3.05) is 32.7 Å². The molecule has 10 heteroatoms. The van der Waals surface area contributed by atoms with Crippen LogP contribution in [0.5, 0.6) is 0 Å². The fourth-order valence-electron chi connectivity index (χ4n) is 2.63. The Hall–Kier alpha value is -1.23. The highest BCUT2D eigenvalue weighted by atomic mass is 32.2. The highest BCUT2D eigenvalue weighted by Crippen LogP contribution is 2.25. The third kappa shape index (κ3) is 4.65. The van der Waals surface area contributed by atoms with Crippen LogP contribution in [0.4, 0.5) is 17.6 Å². The zero-order valence-corrected chi connectivity index (χ0v) is 13.8. The lowest BCUT2D eigenvalue weighted by Gasteiger charge is -2.35. The van der Waals surface area contributed by atoms with Crippen molar-refractivity contribution in [2.24, 2.45) is 0 Å². The van der Waals surface area contributed by atoms with Gasteiger partial charge in [0.05, 0.1) is 4.90 Å². The van der Waals surface area contributed by atoms with E-state index in [1.165, 1.54) is 11.8 Å². The van der Waals surface area contributed by atoms with E-state index in [0.717, 1.165) is 18.2 Å². The SMILES string of the molecule is Cc1cc(F)ccc1S(=O)(=O)NCC(N1CCNCC1)C(F)(F)F. The van der Waals surface area contributed by atoms with Crippen LogP contribution in [0, 0.1) is 12.7 Å². The van der Waals surface area contributed by atoms with Crippen molar-refractivity contribution < 1.29 is 26.0 Å². The zero-order valence-electron chi connectivity index (χ0n) is 13.0. The molecule has 2 N–H and O–H groups in total. The molecule has 1 saturated heterocycles. The van der Waals surface area contributed by atoms with E-state index in [4.69, 9.17) is 0 Å². The summed E-state index contributed by atoms with van der Waals surface area (Å²) < 4.78 is 79.4. The number of nitrogens with zero attached hydrogens (tertiary/aromatic N) is 1. The van der Waals surface area contributed by atoms with Gasteiger partial charge in [-0.05, 0) is 30.7 Å². The number of nitrogens with one attached hydrogen (secondary N) is 2. The third-order valence-corrected chi connectivity index (χ3v) is 5.45. The van der Waals surface area contributed by atoms with Crippen LogP contribution in [0.2, 0.25) is 0 Å². The average molecular weight is 369 g/mol. The molecule has 0 saturated carbocycles. The molecular weight excluding hydrogens is 350 g/mol. The molecule has 0 spiro atoms. The molecule has 1 aromatic carbocycles. The van der Waals surface area contributed by atoms with Crippen LogP contribution in [0.25, 0.3) is 0 Å². The fraction of sp³-hybridized carbons (Fsp3) is 0.571. The lowest BCUT2D eigenvalue weighted by Crippen LogP contribution is -2.57. The molecule has 5 nitrogen and oxygen atoms in total. The first-order valence-electron chi connectivity index (χ1n) is 7.38. The van der Waals surface area contributed by atoms with Crippen LogP contribution in [0.3, 0.4) is 0 Å². The van der Waals surface area contributed by atoms with Gasteiger partial charge in [0.15, 0.2) is 0 Å². The number of piperazine rings is 1. The molecule has 1 fully saturated rings. The van der Waals surface area contributed by atoms with Crippen LogP contribution in [0.1, 0.15) is 5.56 Å². The molecule has 1 aliphatic rings. The Morgan fingerprint density at radius 3 is 2.46 bits per heavy atom. The molecule has 0 bridgehead atoms. The molecule has 0 aliphatic carbocycles. The van der Waals surface area contributed by atoms with Gasteiger partial charge in [0.1, 0.15) is 11.9 Å². The number of aryl methyl sites for hydroxylation is 1. The molecule has 1 aromatic rings. The molecule has 1 heterocycles. The maximum atomic E-state index is 13.3.